The molecule has 0 bridgehead atoms. The summed E-state index contributed by atoms with van der Waals surface area (Å²) in [5.41, 5.74) is -0.788. The van der Waals surface area contributed by atoms with Gasteiger partial charge in [-0.15, -0.1) is 0 Å². The number of rotatable bonds is 4. The van der Waals surface area contributed by atoms with Crippen molar-refractivity contribution in [2.24, 2.45) is 11.3 Å². The topological polar surface area (TPSA) is 107 Å². The molecule has 7 nitrogen and oxygen atoms in total. The number of hydrogen-bond acceptors (Lipinski definition) is 3. The second-order valence-electron chi connectivity index (χ2n) is 5.31. The molecular weight excluding hydrogens is 252 g/mol. The maximum atomic E-state index is 11.9. The molecule has 0 aromatic carbocycles. The fourth-order valence-corrected chi connectivity index (χ4v) is 3.18. The molecule has 1 saturated heterocycles. The number of carboxylic acid groups (broad SMARTS) is 2. The second-order valence-corrected chi connectivity index (χ2v) is 5.31. The normalized spacial score (nSPS) is 29.1. The van der Waals surface area contributed by atoms with Crippen LogP contribution in [0.4, 0.5) is 4.79 Å². The third kappa shape index (κ3) is 2.50. The number of carboxylic acids is 2. The van der Waals surface area contributed by atoms with Crippen LogP contribution in [0, 0.1) is 11.3 Å². The van der Waals surface area contributed by atoms with Crippen LogP contribution in [0.25, 0.3) is 0 Å². The van der Waals surface area contributed by atoms with Crippen molar-refractivity contribution in [2.75, 3.05) is 19.6 Å². The number of carbonyl (C=O) groups excluding carboxylic acids is 1. The lowest BCUT2D eigenvalue weighted by molar-refractivity contribution is -0.149. The molecule has 2 aliphatic rings. The highest BCUT2D eigenvalue weighted by atomic mass is 16.4. The minimum Gasteiger partial charge on any atom is -0.481 e. The van der Waals surface area contributed by atoms with Crippen molar-refractivity contribution in [2.45, 2.75) is 25.7 Å². The Bertz CT molecular complexity index is 411. The average molecular weight is 270 g/mol. The zero-order valence-electron chi connectivity index (χ0n) is 10.6. The van der Waals surface area contributed by atoms with Crippen molar-refractivity contribution in [1.82, 2.24) is 10.2 Å². The number of likely N-dealkylation sites (tertiary alicyclic amines) is 1. The molecule has 7 heteroatoms. The maximum absolute atomic E-state index is 11.9. The van der Waals surface area contributed by atoms with E-state index < -0.39 is 17.4 Å². The number of nitrogens with zero attached hydrogens (tertiary/aromatic N) is 1. The lowest BCUT2D eigenvalue weighted by Gasteiger charge is -2.23. The molecule has 1 saturated carbocycles. The van der Waals surface area contributed by atoms with Gasteiger partial charge in [-0.05, 0) is 18.8 Å². The van der Waals surface area contributed by atoms with E-state index in [1.54, 1.807) is 0 Å². The van der Waals surface area contributed by atoms with Gasteiger partial charge in [0.15, 0.2) is 0 Å². The predicted molar refractivity (Wildman–Crippen MR) is 64.6 cm³/mol. The number of fused-ring (bicyclic) bond motifs is 1. The van der Waals surface area contributed by atoms with Gasteiger partial charge >= 0.3 is 18.0 Å². The summed E-state index contributed by atoms with van der Waals surface area (Å²) in [5.74, 6) is -1.77. The van der Waals surface area contributed by atoms with Crippen LogP contribution in [0.1, 0.15) is 25.7 Å². The molecule has 1 aliphatic carbocycles. The molecule has 0 aromatic heterocycles. The van der Waals surface area contributed by atoms with Crippen LogP contribution in [-0.4, -0.2) is 52.7 Å². The molecule has 19 heavy (non-hydrogen) atoms. The van der Waals surface area contributed by atoms with Gasteiger partial charge in [-0.3, -0.25) is 9.59 Å². The van der Waals surface area contributed by atoms with Gasteiger partial charge in [0.1, 0.15) is 0 Å². The predicted octanol–water partition coefficient (Wildman–Crippen LogP) is 0.357. The first-order valence-corrected chi connectivity index (χ1v) is 6.44. The van der Waals surface area contributed by atoms with Crippen molar-refractivity contribution in [1.29, 1.82) is 0 Å². The van der Waals surface area contributed by atoms with Crippen molar-refractivity contribution in [3.05, 3.63) is 0 Å². The smallest absolute Gasteiger partial charge is 0.317 e. The van der Waals surface area contributed by atoms with E-state index in [1.165, 1.54) is 4.90 Å². The van der Waals surface area contributed by atoms with E-state index in [4.69, 9.17) is 5.11 Å². The number of carbonyl (C=O) groups is 3. The van der Waals surface area contributed by atoms with Gasteiger partial charge in [-0.1, -0.05) is 6.42 Å². The molecule has 0 unspecified atom stereocenters. The van der Waals surface area contributed by atoms with Crippen molar-refractivity contribution < 1.29 is 24.6 Å². The van der Waals surface area contributed by atoms with Crippen LogP contribution in [-0.2, 0) is 9.59 Å². The highest BCUT2D eigenvalue weighted by Gasteiger charge is 2.55. The van der Waals surface area contributed by atoms with E-state index in [0.717, 1.165) is 12.8 Å². The summed E-state index contributed by atoms with van der Waals surface area (Å²) in [4.78, 5) is 35.2. The van der Waals surface area contributed by atoms with Crippen molar-refractivity contribution >= 4 is 18.0 Å². The van der Waals surface area contributed by atoms with Gasteiger partial charge in [0, 0.05) is 19.6 Å². The molecule has 0 radical (unpaired) electrons. The van der Waals surface area contributed by atoms with Gasteiger partial charge < -0.3 is 20.4 Å². The molecule has 2 fully saturated rings. The highest BCUT2D eigenvalue weighted by molar-refractivity contribution is 5.80. The SMILES string of the molecule is O=C(O)CCNC(=O)N1C[C@@H]2CCC[C@@]2(C(=O)O)C1. The summed E-state index contributed by atoms with van der Waals surface area (Å²) in [7, 11) is 0. The summed E-state index contributed by atoms with van der Waals surface area (Å²) < 4.78 is 0. The Kier molecular flexibility index (Phi) is 3.64. The number of nitrogens with one attached hydrogen (secondary N) is 1. The van der Waals surface area contributed by atoms with Gasteiger partial charge in [0.2, 0.25) is 0 Å². The molecule has 2 atom stereocenters. The monoisotopic (exact) mass is 270 g/mol. The Balaban J connectivity index is 1.92. The van der Waals surface area contributed by atoms with E-state index in [0.29, 0.717) is 13.0 Å². The third-order valence-corrected chi connectivity index (χ3v) is 4.20. The number of amides is 2. The second kappa shape index (κ2) is 5.07. The van der Waals surface area contributed by atoms with Gasteiger partial charge in [0.05, 0.1) is 11.8 Å². The quantitative estimate of drug-likeness (QED) is 0.683. The molecule has 106 valence electrons. The fraction of sp³-hybridized carbons (Fsp3) is 0.750. The maximum Gasteiger partial charge on any atom is 0.317 e. The summed E-state index contributed by atoms with van der Waals surface area (Å²) in [5, 5.41) is 20.4. The first-order valence-electron chi connectivity index (χ1n) is 6.44. The first kappa shape index (κ1) is 13.6. The van der Waals surface area contributed by atoms with Gasteiger partial charge in [-0.2, -0.15) is 0 Å². The Morgan fingerprint density at radius 2 is 2.05 bits per heavy atom. The summed E-state index contributed by atoms with van der Waals surface area (Å²) >= 11 is 0. The summed E-state index contributed by atoms with van der Waals surface area (Å²) in [6.07, 6.45) is 2.22. The van der Waals surface area contributed by atoms with Crippen molar-refractivity contribution in [3.8, 4) is 0 Å². The van der Waals surface area contributed by atoms with Crippen LogP contribution in [0.2, 0.25) is 0 Å². The molecule has 2 amide bonds. The first-order chi connectivity index (χ1) is 8.95. The van der Waals surface area contributed by atoms with Crippen LogP contribution >= 0.6 is 0 Å². The van der Waals surface area contributed by atoms with E-state index >= 15 is 0 Å². The van der Waals surface area contributed by atoms with Gasteiger partial charge in [0.25, 0.3) is 0 Å². The van der Waals surface area contributed by atoms with Crippen LogP contribution in [0.3, 0.4) is 0 Å². The zero-order valence-corrected chi connectivity index (χ0v) is 10.6. The Labute approximate surface area is 110 Å². The molecule has 3 N–H and O–H groups in total. The van der Waals surface area contributed by atoms with E-state index in [9.17, 15) is 19.5 Å². The van der Waals surface area contributed by atoms with E-state index in [-0.39, 0.29) is 31.5 Å². The summed E-state index contributed by atoms with van der Waals surface area (Å²) in [6, 6.07) is -0.365. The number of aliphatic carboxylic acids is 2. The van der Waals surface area contributed by atoms with Gasteiger partial charge in [-0.25, -0.2) is 4.79 Å². The van der Waals surface area contributed by atoms with Crippen LogP contribution in [0.15, 0.2) is 0 Å². The Morgan fingerprint density at radius 3 is 2.63 bits per heavy atom. The van der Waals surface area contributed by atoms with Crippen LogP contribution < -0.4 is 5.32 Å². The summed E-state index contributed by atoms with van der Waals surface area (Å²) in [6.45, 7) is 0.743. The van der Waals surface area contributed by atoms with E-state index in [1.807, 2.05) is 0 Å². The molecule has 0 aromatic rings. The third-order valence-electron chi connectivity index (χ3n) is 4.20. The fourth-order valence-electron chi connectivity index (χ4n) is 3.18. The highest BCUT2D eigenvalue weighted by Crippen LogP contribution is 2.48. The molecule has 0 spiro atoms. The lowest BCUT2D eigenvalue weighted by Crippen LogP contribution is -2.42. The van der Waals surface area contributed by atoms with Crippen LogP contribution in [0.5, 0.6) is 0 Å². The minimum atomic E-state index is -0.972. The average Bonchev–Trinajstić information content (AvgIpc) is 2.84. The number of urea groups is 1. The Morgan fingerprint density at radius 1 is 1.32 bits per heavy atom. The molecule has 1 aliphatic heterocycles. The lowest BCUT2D eigenvalue weighted by atomic mass is 9.81. The number of hydrogen-bond donors (Lipinski definition) is 3. The molecular formula is C12H18N2O5. The molecule has 2 rings (SSSR count). The van der Waals surface area contributed by atoms with E-state index in [2.05, 4.69) is 5.32 Å². The van der Waals surface area contributed by atoms with Crippen molar-refractivity contribution in [3.63, 3.8) is 0 Å². The Hall–Kier alpha value is -1.79. The largest absolute Gasteiger partial charge is 0.481 e. The minimum absolute atomic E-state index is 0.0234. The zero-order chi connectivity index (χ0) is 14.0. The standard InChI is InChI=1S/C12H18N2O5/c15-9(16)3-5-13-11(19)14-6-8-2-1-4-12(8,7-14)10(17)18/h8H,1-7H2,(H,13,19)(H,15,16)(H,17,18)/t8-,12+/m0/s1. The molecule has 1 heterocycles.